The standard InChI is InChI=1S/C16H12N2O2S/c1-10(19)17-12-8-6-11(7-9-12)15(20)16-18-13-4-2-3-5-14(13)21-16/h2-9H,1H3,(H,17,19). The number of anilines is 1. The highest BCUT2D eigenvalue weighted by Crippen LogP contribution is 2.24. The number of thiazole rings is 1. The van der Waals surface area contributed by atoms with E-state index in [2.05, 4.69) is 10.3 Å². The van der Waals surface area contributed by atoms with Gasteiger partial charge in [-0.2, -0.15) is 0 Å². The number of para-hydroxylation sites is 1. The molecule has 4 nitrogen and oxygen atoms in total. The highest BCUT2D eigenvalue weighted by molar-refractivity contribution is 7.20. The Labute approximate surface area is 125 Å². The lowest BCUT2D eigenvalue weighted by Gasteiger charge is -2.02. The second-order valence-corrected chi connectivity index (χ2v) is 5.61. The van der Waals surface area contributed by atoms with Crippen molar-refractivity contribution in [1.29, 1.82) is 0 Å². The maximum absolute atomic E-state index is 12.4. The molecule has 5 heteroatoms. The molecule has 0 aliphatic heterocycles. The Morgan fingerprint density at radius 3 is 2.43 bits per heavy atom. The summed E-state index contributed by atoms with van der Waals surface area (Å²) in [6.45, 7) is 1.44. The molecular weight excluding hydrogens is 284 g/mol. The molecule has 2 aromatic carbocycles. The van der Waals surface area contributed by atoms with Crippen LogP contribution in [0.1, 0.15) is 22.3 Å². The summed E-state index contributed by atoms with van der Waals surface area (Å²) in [7, 11) is 0. The molecule has 0 fully saturated rings. The van der Waals surface area contributed by atoms with Crippen molar-refractivity contribution in [2.75, 3.05) is 5.32 Å². The summed E-state index contributed by atoms with van der Waals surface area (Å²) in [4.78, 5) is 27.7. The van der Waals surface area contributed by atoms with E-state index < -0.39 is 0 Å². The number of fused-ring (bicyclic) bond motifs is 1. The quantitative estimate of drug-likeness (QED) is 0.753. The number of carbonyl (C=O) groups is 2. The molecule has 0 radical (unpaired) electrons. The molecule has 1 amide bonds. The third-order valence-corrected chi connectivity index (χ3v) is 3.99. The lowest BCUT2D eigenvalue weighted by atomic mass is 10.1. The van der Waals surface area contributed by atoms with Crippen molar-refractivity contribution in [3.8, 4) is 0 Å². The number of rotatable bonds is 3. The van der Waals surface area contributed by atoms with Crippen LogP contribution in [0.3, 0.4) is 0 Å². The van der Waals surface area contributed by atoms with Crippen LogP contribution in [-0.2, 0) is 4.79 Å². The zero-order chi connectivity index (χ0) is 14.8. The van der Waals surface area contributed by atoms with Gasteiger partial charge in [0.1, 0.15) is 0 Å². The predicted molar refractivity (Wildman–Crippen MR) is 83.8 cm³/mol. The lowest BCUT2D eigenvalue weighted by molar-refractivity contribution is -0.114. The molecule has 0 unspecified atom stereocenters. The van der Waals surface area contributed by atoms with E-state index in [4.69, 9.17) is 0 Å². The average molecular weight is 296 g/mol. The highest BCUT2D eigenvalue weighted by Gasteiger charge is 2.14. The van der Waals surface area contributed by atoms with Gasteiger partial charge in [0.2, 0.25) is 11.7 Å². The van der Waals surface area contributed by atoms with Gasteiger partial charge in [-0.25, -0.2) is 4.98 Å². The Bertz CT molecular complexity index is 789. The topological polar surface area (TPSA) is 59.1 Å². The van der Waals surface area contributed by atoms with E-state index in [0.717, 1.165) is 10.2 Å². The van der Waals surface area contributed by atoms with E-state index in [-0.39, 0.29) is 11.7 Å². The van der Waals surface area contributed by atoms with Crippen molar-refractivity contribution < 1.29 is 9.59 Å². The number of ketones is 1. The summed E-state index contributed by atoms with van der Waals surface area (Å²) in [6.07, 6.45) is 0. The van der Waals surface area contributed by atoms with E-state index in [1.54, 1.807) is 24.3 Å². The number of hydrogen-bond acceptors (Lipinski definition) is 4. The van der Waals surface area contributed by atoms with Gasteiger partial charge in [0, 0.05) is 18.2 Å². The van der Waals surface area contributed by atoms with Crippen LogP contribution >= 0.6 is 11.3 Å². The molecule has 0 bridgehead atoms. The molecule has 21 heavy (non-hydrogen) atoms. The van der Waals surface area contributed by atoms with Crippen molar-refractivity contribution in [2.24, 2.45) is 0 Å². The van der Waals surface area contributed by atoms with E-state index in [9.17, 15) is 9.59 Å². The summed E-state index contributed by atoms with van der Waals surface area (Å²) in [6, 6.07) is 14.5. The molecule has 0 atom stereocenters. The van der Waals surface area contributed by atoms with Crippen LogP contribution in [-0.4, -0.2) is 16.7 Å². The maximum Gasteiger partial charge on any atom is 0.221 e. The van der Waals surface area contributed by atoms with Crippen LogP contribution in [0.5, 0.6) is 0 Å². The molecule has 0 spiro atoms. The van der Waals surface area contributed by atoms with Gasteiger partial charge in [-0.15, -0.1) is 11.3 Å². The molecular formula is C16H12N2O2S. The third-order valence-electron chi connectivity index (χ3n) is 2.96. The molecule has 3 aromatic rings. The Balaban J connectivity index is 1.89. The number of nitrogens with one attached hydrogen (secondary N) is 1. The molecule has 104 valence electrons. The molecule has 1 aromatic heterocycles. The minimum Gasteiger partial charge on any atom is -0.326 e. The van der Waals surface area contributed by atoms with Gasteiger partial charge in [-0.05, 0) is 36.4 Å². The molecule has 0 aliphatic carbocycles. The van der Waals surface area contributed by atoms with Crippen molar-refractivity contribution in [3.63, 3.8) is 0 Å². The molecule has 1 N–H and O–H groups in total. The zero-order valence-electron chi connectivity index (χ0n) is 11.3. The van der Waals surface area contributed by atoms with Gasteiger partial charge < -0.3 is 5.32 Å². The second-order valence-electron chi connectivity index (χ2n) is 4.57. The number of nitrogens with zero attached hydrogens (tertiary/aromatic N) is 1. The Kier molecular flexibility index (Phi) is 3.50. The first-order valence-electron chi connectivity index (χ1n) is 6.41. The van der Waals surface area contributed by atoms with Crippen LogP contribution in [0.2, 0.25) is 0 Å². The van der Waals surface area contributed by atoms with Gasteiger partial charge >= 0.3 is 0 Å². The van der Waals surface area contributed by atoms with Gasteiger partial charge in [-0.1, -0.05) is 12.1 Å². The zero-order valence-corrected chi connectivity index (χ0v) is 12.1. The Morgan fingerprint density at radius 1 is 1.05 bits per heavy atom. The fourth-order valence-electron chi connectivity index (χ4n) is 2.00. The summed E-state index contributed by atoms with van der Waals surface area (Å²) in [5.74, 6) is -0.245. The first-order chi connectivity index (χ1) is 10.1. The fraction of sp³-hybridized carbons (Fsp3) is 0.0625. The number of carbonyl (C=O) groups excluding carboxylic acids is 2. The molecule has 0 saturated heterocycles. The first kappa shape index (κ1) is 13.5. The average Bonchev–Trinajstić information content (AvgIpc) is 2.90. The van der Waals surface area contributed by atoms with Gasteiger partial charge in [0.25, 0.3) is 0 Å². The first-order valence-corrected chi connectivity index (χ1v) is 7.23. The predicted octanol–water partition coefficient (Wildman–Crippen LogP) is 3.49. The van der Waals surface area contributed by atoms with Crippen molar-refractivity contribution in [1.82, 2.24) is 4.98 Å². The van der Waals surface area contributed by atoms with E-state index in [1.807, 2.05) is 24.3 Å². The summed E-state index contributed by atoms with van der Waals surface area (Å²) < 4.78 is 0.996. The van der Waals surface area contributed by atoms with Crippen molar-refractivity contribution >= 4 is 38.9 Å². The Hall–Kier alpha value is -2.53. The summed E-state index contributed by atoms with van der Waals surface area (Å²) in [5, 5.41) is 3.14. The minimum atomic E-state index is -0.139. The largest absolute Gasteiger partial charge is 0.326 e. The highest BCUT2D eigenvalue weighted by atomic mass is 32.1. The fourth-order valence-corrected chi connectivity index (χ4v) is 2.93. The number of benzene rings is 2. The molecule has 0 aliphatic rings. The van der Waals surface area contributed by atoms with Crippen LogP contribution in [0.4, 0.5) is 5.69 Å². The normalized spacial score (nSPS) is 10.5. The second kappa shape index (κ2) is 5.46. The van der Waals surface area contributed by atoms with Crippen LogP contribution in [0.15, 0.2) is 48.5 Å². The Morgan fingerprint density at radius 2 is 1.76 bits per heavy atom. The van der Waals surface area contributed by atoms with Crippen LogP contribution < -0.4 is 5.32 Å². The van der Waals surface area contributed by atoms with E-state index >= 15 is 0 Å². The van der Waals surface area contributed by atoms with Crippen molar-refractivity contribution in [3.05, 3.63) is 59.1 Å². The summed E-state index contributed by atoms with van der Waals surface area (Å²) >= 11 is 1.38. The van der Waals surface area contributed by atoms with Crippen LogP contribution in [0, 0.1) is 0 Å². The maximum atomic E-state index is 12.4. The number of amides is 1. The van der Waals surface area contributed by atoms with Gasteiger partial charge in [0.05, 0.1) is 10.2 Å². The lowest BCUT2D eigenvalue weighted by Crippen LogP contribution is -2.06. The van der Waals surface area contributed by atoms with Gasteiger partial charge in [0.15, 0.2) is 5.01 Å². The number of hydrogen-bond donors (Lipinski definition) is 1. The molecule has 1 heterocycles. The summed E-state index contributed by atoms with van der Waals surface area (Å²) in [5.41, 5.74) is 2.06. The van der Waals surface area contributed by atoms with Gasteiger partial charge in [-0.3, -0.25) is 9.59 Å². The van der Waals surface area contributed by atoms with E-state index in [0.29, 0.717) is 16.3 Å². The smallest absolute Gasteiger partial charge is 0.221 e. The molecule has 3 rings (SSSR count). The third kappa shape index (κ3) is 2.83. The monoisotopic (exact) mass is 296 g/mol. The van der Waals surface area contributed by atoms with E-state index in [1.165, 1.54) is 18.3 Å². The van der Waals surface area contributed by atoms with Crippen molar-refractivity contribution in [2.45, 2.75) is 6.92 Å². The number of aromatic nitrogens is 1. The molecule has 0 saturated carbocycles. The minimum absolute atomic E-state index is 0.106. The van der Waals surface area contributed by atoms with Crippen LogP contribution in [0.25, 0.3) is 10.2 Å². The SMILES string of the molecule is CC(=O)Nc1ccc(C(=O)c2nc3ccccc3s2)cc1.